The van der Waals surface area contributed by atoms with Gasteiger partial charge in [0, 0.05) is 19.3 Å². The van der Waals surface area contributed by atoms with Crippen molar-refractivity contribution in [1.82, 2.24) is 26.6 Å². The molecule has 0 heterocycles. The lowest BCUT2D eigenvalue weighted by Gasteiger charge is -2.26. The van der Waals surface area contributed by atoms with E-state index in [-0.39, 0.29) is 25.2 Å². The molecule has 1 aromatic rings. The number of nitrogens with two attached hydrogens (primary N) is 1. The van der Waals surface area contributed by atoms with Crippen LogP contribution in [0.3, 0.4) is 0 Å². The molecule has 0 saturated carbocycles. The third kappa shape index (κ3) is 15.9. The number of aliphatic hydroxyl groups excluding tert-OH is 1. The molecule has 1 rings (SSSR count). The number of rotatable bonds is 22. The van der Waals surface area contributed by atoms with E-state index in [4.69, 9.17) is 21.1 Å². The van der Waals surface area contributed by atoms with Crippen LogP contribution < -0.4 is 32.3 Å². The van der Waals surface area contributed by atoms with Crippen LogP contribution >= 0.6 is 0 Å². The van der Waals surface area contributed by atoms with Gasteiger partial charge in [-0.3, -0.25) is 33.6 Å². The Labute approximate surface area is 276 Å². The van der Waals surface area contributed by atoms with Gasteiger partial charge in [-0.05, 0) is 30.7 Å². The second kappa shape index (κ2) is 20.9. The Morgan fingerprint density at radius 1 is 0.688 bits per heavy atom. The Balaban J connectivity index is 3.21. The number of carboxylic acid groups (broad SMARTS) is 3. The summed E-state index contributed by atoms with van der Waals surface area (Å²) >= 11 is 0. The van der Waals surface area contributed by atoms with E-state index >= 15 is 0 Å². The molecule has 0 radical (unpaired) electrons. The molecule has 1 aromatic carbocycles. The first-order valence-electron chi connectivity index (χ1n) is 15.1. The maximum Gasteiger partial charge on any atom is 0.328 e. The van der Waals surface area contributed by atoms with E-state index in [1.54, 1.807) is 30.3 Å². The van der Waals surface area contributed by atoms with Crippen LogP contribution in [0.1, 0.15) is 51.5 Å². The molecule has 0 bridgehead atoms. The zero-order valence-corrected chi connectivity index (χ0v) is 26.6. The zero-order chi connectivity index (χ0) is 36.4. The first kappa shape index (κ1) is 40.9. The molecule has 0 aliphatic rings. The van der Waals surface area contributed by atoms with Crippen molar-refractivity contribution in [2.45, 2.75) is 82.6 Å². The summed E-state index contributed by atoms with van der Waals surface area (Å²) < 4.78 is 0. The summed E-state index contributed by atoms with van der Waals surface area (Å²) in [6.07, 6.45) is -1.85. The molecule has 266 valence electrons. The quantitative estimate of drug-likeness (QED) is 0.0605. The van der Waals surface area contributed by atoms with Gasteiger partial charge in [-0.25, -0.2) is 4.79 Å². The number of carboxylic acids is 3. The number of hydrogen-bond donors (Lipinski definition) is 10. The summed E-state index contributed by atoms with van der Waals surface area (Å²) in [6, 6.07) is 1.25. The second-order valence-electron chi connectivity index (χ2n) is 11.3. The first-order valence-corrected chi connectivity index (χ1v) is 15.1. The van der Waals surface area contributed by atoms with Gasteiger partial charge in [0.2, 0.25) is 29.5 Å². The Morgan fingerprint density at radius 3 is 1.65 bits per heavy atom. The SMILES string of the molecule is CC(C)CC(N)C(=O)NC(CCC(=O)O)C(=O)NC(CCC(=O)O)C(=O)NC(Cc1ccccc1)C(=O)NCC(=O)NC(CO)C(=O)O. The Hall–Kier alpha value is -5.10. The first-order chi connectivity index (χ1) is 22.5. The molecule has 0 aliphatic carbocycles. The number of carbonyl (C=O) groups is 8. The Morgan fingerprint density at radius 2 is 1.19 bits per heavy atom. The summed E-state index contributed by atoms with van der Waals surface area (Å²) in [4.78, 5) is 98.4. The number of aliphatic hydroxyl groups is 1. The molecule has 5 atom stereocenters. The second-order valence-corrected chi connectivity index (χ2v) is 11.3. The van der Waals surface area contributed by atoms with Crippen molar-refractivity contribution >= 4 is 47.4 Å². The third-order valence-electron chi connectivity index (χ3n) is 6.78. The largest absolute Gasteiger partial charge is 0.481 e. The van der Waals surface area contributed by atoms with Crippen LogP contribution in [0.25, 0.3) is 0 Å². The molecule has 5 unspecified atom stereocenters. The molecule has 0 saturated heterocycles. The van der Waals surface area contributed by atoms with Crippen molar-refractivity contribution in [2.24, 2.45) is 11.7 Å². The van der Waals surface area contributed by atoms with E-state index in [0.29, 0.717) is 5.56 Å². The van der Waals surface area contributed by atoms with Gasteiger partial charge in [0.05, 0.1) is 19.2 Å². The number of amides is 5. The molecule has 0 aliphatic heterocycles. The summed E-state index contributed by atoms with van der Waals surface area (Å²) in [7, 11) is 0. The van der Waals surface area contributed by atoms with Crippen molar-refractivity contribution in [3.05, 3.63) is 35.9 Å². The summed E-state index contributed by atoms with van der Waals surface area (Å²) in [5.74, 6) is -8.66. The van der Waals surface area contributed by atoms with Crippen molar-refractivity contribution in [3.63, 3.8) is 0 Å². The highest BCUT2D eigenvalue weighted by Gasteiger charge is 2.31. The minimum Gasteiger partial charge on any atom is -0.481 e. The standard InChI is InChI=1S/C30H44N6O12/c1-16(2)12-18(31)26(43)34-19(8-10-24(39)40)28(45)35-20(9-11-25(41)42)29(46)36-21(13-17-6-4-3-5-7-17)27(44)32-14-23(38)33-22(15-37)30(47)48/h3-7,16,18-22,37H,8-15,31H2,1-2H3,(H,32,44)(H,33,38)(H,34,43)(H,35,45)(H,36,46)(H,39,40)(H,41,42)(H,47,48). The molecule has 48 heavy (non-hydrogen) atoms. The molecule has 0 fully saturated rings. The van der Waals surface area contributed by atoms with E-state index in [9.17, 15) is 43.5 Å². The number of benzene rings is 1. The fraction of sp³-hybridized carbons (Fsp3) is 0.533. The topological polar surface area (TPSA) is 304 Å². The average Bonchev–Trinajstić information content (AvgIpc) is 3.01. The van der Waals surface area contributed by atoms with E-state index in [2.05, 4.69) is 21.3 Å². The van der Waals surface area contributed by atoms with Gasteiger partial charge >= 0.3 is 17.9 Å². The zero-order valence-electron chi connectivity index (χ0n) is 26.6. The van der Waals surface area contributed by atoms with Crippen molar-refractivity contribution < 1.29 is 58.8 Å². The van der Waals surface area contributed by atoms with Crippen LogP contribution in [-0.4, -0.2) is 111 Å². The average molecular weight is 681 g/mol. The van der Waals surface area contributed by atoms with Crippen molar-refractivity contribution in [2.75, 3.05) is 13.2 Å². The fourth-order valence-electron chi connectivity index (χ4n) is 4.29. The van der Waals surface area contributed by atoms with Crippen molar-refractivity contribution in [1.29, 1.82) is 0 Å². The van der Waals surface area contributed by atoms with Crippen LogP contribution in [0.15, 0.2) is 30.3 Å². The van der Waals surface area contributed by atoms with Crippen LogP contribution in [0.2, 0.25) is 0 Å². The lowest BCUT2D eigenvalue weighted by molar-refractivity contribution is -0.143. The minimum absolute atomic E-state index is 0.0266. The highest BCUT2D eigenvalue weighted by molar-refractivity contribution is 5.96. The molecule has 11 N–H and O–H groups in total. The summed E-state index contributed by atoms with van der Waals surface area (Å²) in [6.45, 7) is 2.00. The maximum atomic E-state index is 13.5. The third-order valence-corrected chi connectivity index (χ3v) is 6.78. The van der Waals surface area contributed by atoms with Gasteiger partial charge in [-0.1, -0.05) is 44.2 Å². The lowest BCUT2D eigenvalue weighted by Crippen LogP contribution is -2.58. The predicted molar refractivity (Wildman–Crippen MR) is 167 cm³/mol. The van der Waals surface area contributed by atoms with Crippen LogP contribution in [-0.2, 0) is 44.8 Å². The Kier molecular flexibility index (Phi) is 17.8. The van der Waals surface area contributed by atoms with Gasteiger partial charge in [-0.2, -0.15) is 0 Å². The molecular formula is C30H44N6O12. The van der Waals surface area contributed by atoms with Gasteiger partial charge in [0.25, 0.3) is 0 Å². The molecule has 18 nitrogen and oxygen atoms in total. The van der Waals surface area contributed by atoms with Gasteiger partial charge in [0.15, 0.2) is 0 Å². The molecule has 5 amide bonds. The monoisotopic (exact) mass is 680 g/mol. The molecule has 0 spiro atoms. The number of hydrogen-bond acceptors (Lipinski definition) is 10. The summed E-state index contributed by atoms with van der Waals surface area (Å²) in [5, 5.41) is 47.9. The van der Waals surface area contributed by atoms with E-state index in [0.717, 1.165) is 0 Å². The van der Waals surface area contributed by atoms with E-state index in [1.165, 1.54) is 0 Å². The van der Waals surface area contributed by atoms with Gasteiger partial charge < -0.3 is 52.7 Å². The number of carbonyl (C=O) groups excluding carboxylic acids is 5. The number of nitrogens with one attached hydrogen (secondary N) is 5. The predicted octanol–water partition coefficient (Wildman–Crippen LogP) is -2.54. The number of aliphatic carboxylic acids is 3. The van der Waals surface area contributed by atoms with Gasteiger partial charge in [0.1, 0.15) is 24.2 Å². The van der Waals surface area contributed by atoms with Gasteiger partial charge in [-0.15, -0.1) is 0 Å². The molecule has 0 aromatic heterocycles. The highest BCUT2D eigenvalue weighted by atomic mass is 16.4. The summed E-state index contributed by atoms with van der Waals surface area (Å²) in [5.41, 5.74) is 6.46. The highest BCUT2D eigenvalue weighted by Crippen LogP contribution is 2.08. The van der Waals surface area contributed by atoms with E-state index < -0.39 is 110 Å². The smallest absolute Gasteiger partial charge is 0.328 e. The van der Waals surface area contributed by atoms with Crippen LogP contribution in [0.4, 0.5) is 0 Å². The van der Waals surface area contributed by atoms with Crippen molar-refractivity contribution in [3.8, 4) is 0 Å². The van der Waals surface area contributed by atoms with E-state index in [1.807, 2.05) is 19.2 Å². The normalized spacial score (nSPS) is 13.9. The van der Waals surface area contributed by atoms with Crippen LogP contribution in [0, 0.1) is 5.92 Å². The molecular weight excluding hydrogens is 636 g/mol. The maximum absolute atomic E-state index is 13.5. The minimum atomic E-state index is -1.62. The molecule has 18 heteroatoms. The lowest BCUT2D eigenvalue weighted by atomic mass is 10.0. The Bertz CT molecular complexity index is 1290. The van der Waals surface area contributed by atoms with Crippen LogP contribution in [0.5, 0.6) is 0 Å². The fourth-order valence-corrected chi connectivity index (χ4v) is 4.29.